The van der Waals surface area contributed by atoms with Gasteiger partial charge in [-0.3, -0.25) is 4.79 Å². The summed E-state index contributed by atoms with van der Waals surface area (Å²) in [6.07, 6.45) is 2.14. The van der Waals surface area contributed by atoms with E-state index in [2.05, 4.69) is 35.0 Å². The highest BCUT2D eigenvalue weighted by Crippen LogP contribution is 2.27. The fraction of sp³-hybridized carbons (Fsp3) is 0.435. The topological polar surface area (TPSA) is 44.8 Å². The number of ether oxygens (including phenoxy) is 1. The van der Waals surface area contributed by atoms with E-state index in [0.717, 1.165) is 62.7 Å². The zero-order valence-electron chi connectivity index (χ0n) is 17.0. The molecule has 1 aliphatic heterocycles. The number of nitrogens with zero attached hydrogens (tertiary/aromatic N) is 2. The number of amides is 1. The summed E-state index contributed by atoms with van der Waals surface area (Å²) in [6, 6.07) is 15.4. The van der Waals surface area contributed by atoms with Crippen molar-refractivity contribution < 1.29 is 9.53 Å². The van der Waals surface area contributed by atoms with Gasteiger partial charge >= 0.3 is 0 Å². The van der Waals surface area contributed by atoms with E-state index in [4.69, 9.17) is 4.74 Å². The summed E-state index contributed by atoms with van der Waals surface area (Å²) in [7, 11) is 0. The van der Waals surface area contributed by atoms with Gasteiger partial charge in [-0.25, -0.2) is 0 Å². The molecule has 1 aliphatic rings. The molecule has 1 amide bonds. The highest BCUT2D eigenvalue weighted by molar-refractivity contribution is 6.06. The van der Waals surface area contributed by atoms with Crippen molar-refractivity contribution in [3.05, 3.63) is 54.1 Å². The summed E-state index contributed by atoms with van der Waals surface area (Å²) in [5.41, 5.74) is 2.58. The summed E-state index contributed by atoms with van der Waals surface area (Å²) in [5, 5.41) is 3.09. The normalized spacial score (nSPS) is 14.7. The molecule has 1 N–H and O–H groups in total. The number of hydrogen-bond acceptors (Lipinski definition) is 4. The highest BCUT2D eigenvalue weighted by Gasteiger charge is 2.19. The fourth-order valence-corrected chi connectivity index (χ4v) is 3.39. The van der Waals surface area contributed by atoms with Gasteiger partial charge in [0.15, 0.2) is 0 Å². The van der Waals surface area contributed by atoms with Gasteiger partial charge in [0.05, 0.1) is 18.0 Å². The predicted molar refractivity (Wildman–Crippen MR) is 116 cm³/mol. The molecule has 0 aromatic heterocycles. The van der Waals surface area contributed by atoms with Crippen LogP contribution in [0.2, 0.25) is 0 Å². The minimum Gasteiger partial charge on any atom is -0.494 e. The third kappa shape index (κ3) is 5.26. The van der Waals surface area contributed by atoms with E-state index in [1.807, 2.05) is 42.5 Å². The highest BCUT2D eigenvalue weighted by atomic mass is 16.5. The van der Waals surface area contributed by atoms with E-state index < -0.39 is 0 Å². The summed E-state index contributed by atoms with van der Waals surface area (Å²) >= 11 is 0. The van der Waals surface area contributed by atoms with Gasteiger partial charge in [-0.05, 0) is 49.4 Å². The van der Waals surface area contributed by atoms with Crippen molar-refractivity contribution in [1.82, 2.24) is 4.90 Å². The maximum atomic E-state index is 12.7. The number of para-hydroxylation sites is 2. The molecule has 0 radical (unpaired) electrons. The number of likely N-dealkylation sites (N-methyl/N-ethyl adjacent to an activating group) is 1. The number of unbranched alkanes of at least 4 members (excludes halogenated alkanes) is 1. The first-order chi connectivity index (χ1) is 13.7. The van der Waals surface area contributed by atoms with Crippen molar-refractivity contribution in [2.75, 3.05) is 49.5 Å². The van der Waals surface area contributed by atoms with Gasteiger partial charge in [0.25, 0.3) is 5.91 Å². The van der Waals surface area contributed by atoms with Crippen LogP contribution in [0, 0.1) is 0 Å². The standard InChI is InChI=1S/C23H31N3O2/c1-3-5-18-28-20-12-10-19(11-13-20)23(27)24-21-8-6-7-9-22(21)26-16-14-25(4-2)15-17-26/h6-13H,3-5,14-18H2,1-2H3,(H,24,27). The van der Waals surface area contributed by atoms with Crippen LogP contribution in [0.25, 0.3) is 0 Å². The van der Waals surface area contributed by atoms with Crippen molar-refractivity contribution in [2.45, 2.75) is 26.7 Å². The van der Waals surface area contributed by atoms with E-state index >= 15 is 0 Å². The number of nitrogens with one attached hydrogen (secondary N) is 1. The average Bonchev–Trinajstić information content (AvgIpc) is 2.75. The number of rotatable bonds is 8. The van der Waals surface area contributed by atoms with Crippen LogP contribution in [0.4, 0.5) is 11.4 Å². The second-order valence-electron chi connectivity index (χ2n) is 7.12. The van der Waals surface area contributed by atoms with Gasteiger partial charge in [0.1, 0.15) is 5.75 Å². The van der Waals surface area contributed by atoms with Crippen LogP contribution in [0.15, 0.2) is 48.5 Å². The lowest BCUT2D eigenvalue weighted by Gasteiger charge is -2.36. The van der Waals surface area contributed by atoms with Crippen molar-refractivity contribution in [1.29, 1.82) is 0 Å². The molecule has 3 rings (SSSR count). The van der Waals surface area contributed by atoms with Crippen LogP contribution in [0.3, 0.4) is 0 Å². The van der Waals surface area contributed by atoms with Crippen LogP contribution in [0.1, 0.15) is 37.0 Å². The molecule has 0 aliphatic carbocycles. The number of benzene rings is 2. The third-order valence-electron chi connectivity index (χ3n) is 5.20. The molecular weight excluding hydrogens is 350 g/mol. The number of anilines is 2. The Morgan fingerprint density at radius 2 is 1.71 bits per heavy atom. The van der Waals surface area contributed by atoms with E-state index in [-0.39, 0.29) is 5.91 Å². The summed E-state index contributed by atoms with van der Waals surface area (Å²) in [6.45, 7) is 10.2. The molecule has 28 heavy (non-hydrogen) atoms. The Bertz CT molecular complexity index is 753. The first kappa shape index (κ1) is 20.2. The van der Waals surface area contributed by atoms with Crippen LogP contribution in [-0.2, 0) is 0 Å². The van der Waals surface area contributed by atoms with E-state index in [9.17, 15) is 4.79 Å². The maximum Gasteiger partial charge on any atom is 0.255 e. The third-order valence-corrected chi connectivity index (χ3v) is 5.20. The van der Waals surface area contributed by atoms with Gasteiger partial charge in [0, 0.05) is 31.7 Å². The summed E-state index contributed by atoms with van der Waals surface area (Å²) < 4.78 is 5.67. The zero-order valence-corrected chi connectivity index (χ0v) is 17.0. The van der Waals surface area contributed by atoms with Gasteiger partial charge in [-0.2, -0.15) is 0 Å². The first-order valence-electron chi connectivity index (χ1n) is 10.3. The van der Waals surface area contributed by atoms with Crippen LogP contribution in [0.5, 0.6) is 5.75 Å². The Balaban J connectivity index is 1.64. The lowest BCUT2D eigenvalue weighted by molar-refractivity contribution is 0.102. The van der Waals surface area contributed by atoms with E-state index in [1.54, 1.807) is 0 Å². The van der Waals surface area contributed by atoms with Gasteiger partial charge < -0.3 is 19.9 Å². The monoisotopic (exact) mass is 381 g/mol. The first-order valence-corrected chi connectivity index (χ1v) is 10.3. The predicted octanol–water partition coefficient (Wildman–Crippen LogP) is 4.26. The van der Waals surface area contributed by atoms with E-state index in [0.29, 0.717) is 12.2 Å². The molecule has 150 valence electrons. The lowest BCUT2D eigenvalue weighted by Crippen LogP contribution is -2.46. The summed E-state index contributed by atoms with van der Waals surface area (Å²) in [5.74, 6) is 0.707. The maximum absolute atomic E-state index is 12.7. The SMILES string of the molecule is CCCCOc1ccc(C(=O)Nc2ccccc2N2CCN(CC)CC2)cc1. The number of carbonyl (C=O) groups excluding carboxylic acids is 1. The van der Waals surface area contributed by atoms with Crippen molar-refractivity contribution in [2.24, 2.45) is 0 Å². The molecule has 0 atom stereocenters. The summed E-state index contributed by atoms with van der Waals surface area (Å²) in [4.78, 5) is 17.5. The molecule has 0 spiro atoms. The molecule has 5 nitrogen and oxygen atoms in total. The molecule has 1 fully saturated rings. The van der Waals surface area contributed by atoms with Gasteiger partial charge in [-0.1, -0.05) is 32.4 Å². The molecule has 1 saturated heterocycles. The van der Waals surface area contributed by atoms with Gasteiger partial charge in [-0.15, -0.1) is 0 Å². The molecule has 0 bridgehead atoms. The van der Waals surface area contributed by atoms with Crippen molar-refractivity contribution in [3.8, 4) is 5.75 Å². The molecular formula is C23H31N3O2. The zero-order chi connectivity index (χ0) is 19.8. The molecule has 2 aromatic rings. The Kier molecular flexibility index (Phi) is 7.31. The largest absolute Gasteiger partial charge is 0.494 e. The molecule has 0 saturated carbocycles. The van der Waals surface area contributed by atoms with Gasteiger partial charge in [0.2, 0.25) is 0 Å². The Morgan fingerprint density at radius 3 is 2.39 bits per heavy atom. The van der Waals surface area contributed by atoms with Crippen molar-refractivity contribution >= 4 is 17.3 Å². The quantitative estimate of drug-likeness (QED) is 0.694. The lowest BCUT2D eigenvalue weighted by atomic mass is 10.1. The number of hydrogen-bond donors (Lipinski definition) is 1. The smallest absolute Gasteiger partial charge is 0.255 e. The molecule has 2 aromatic carbocycles. The average molecular weight is 382 g/mol. The molecule has 5 heteroatoms. The fourth-order valence-electron chi connectivity index (χ4n) is 3.39. The Morgan fingerprint density at radius 1 is 1.00 bits per heavy atom. The Labute approximate surface area is 168 Å². The second-order valence-corrected chi connectivity index (χ2v) is 7.12. The Hall–Kier alpha value is -2.53. The molecule has 1 heterocycles. The number of carbonyl (C=O) groups is 1. The minimum atomic E-state index is -0.0975. The molecule has 0 unspecified atom stereocenters. The van der Waals surface area contributed by atoms with Crippen LogP contribution in [-0.4, -0.2) is 50.1 Å². The second kappa shape index (κ2) is 10.1. The van der Waals surface area contributed by atoms with Crippen molar-refractivity contribution in [3.63, 3.8) is 0 Å². The van der Waals surface area contributed by atoms with Crippen LogP contribution < -0.4 is 15.0 Å². The minimum absolute atomic E-state index is 0.0975. The van der Waals surface area contributed by atoms with E-state index in [1.165, 1.54) is 0 Å². The number of piperazine rings is 1. The van der Waals surface area contributed by atoms with Crippen LogP contribution >= 0.6 is 0 Å².